The second kappa shape index (κ2) is 6.03. The molecule has 0 amide bonds. The van der Waals surface area contributed by atoms with Gasteiger partial charge in [0.2, 0.25) is 10.0 Å². The summed E-state index contributed by atoms with van der Waals surface area (Å²) in [6.07, 6.45) is 0. The maximum atomic E-state index is 13.0. The first-order valence-corrected chi connectivity index (χ1v) is 8.17. The third-order valence-corrected chi connectivity index (χ3v) is 5.17. The van der Waals surface area contributed by atoms with Crippen LogP contribution in [0.4, 0.5) is 4.39 Å². The molecule has 0 aliphatic carbocycles. The van der Waals surface area contributed by atoms with E-state index in [4.69, 9.17) is 0 Å². The van der Waals surface area contributed by atoms with Gasteiger partial charge in [0.05, 0.1) is 4.90 Å². The molecule has 0 atom stereocenters. The van der Waals surface area contributed by atoms with Gasteiger partial charge in [-0.3, -0.25) is 0 Å². The van der Waals surface area contributed by atoms with E-state index in [9.17, 15) is 12.8 Å². The summed E-state index contributed by atoms with van der Waals surface area (Å²) >= 11 is 3.36. The highest BCUT2D eigenvalue weighted by molar-refractivity contribution is 9.10. The number of rotatable bonds is 4. The number of sulfonamides is 1. The van der Waals surface area contributed by atoms with E-state index in [2.05, 4.69) is 20.7 Å². The summed E-state index contributed by atoms with van der Waals surface area (Å²) in [7, 11) is -3.66. The summed E-state index contributed by atoms with van der Waals surface area (Å²) in [4.78, 5) is 0.0888. The Morgan fingerprint density at radius 1 is 1.20 bits per heavy atom. The zero-order valence-corrected chi connectivity index (χ0v) is 13.1. The van der Waals surface area contributed by atoms with Gasteiger partial charge in [0, 0.05) is 11.0 Å². The van der Waals surface area contributed by atoms with Crippen LogP contribution in [0.2, 0.25) is 0 Å². The van der Waals surface area contributed by atoms with E-state index in [0.29, 0.717) is 5.56 Å². The normalized spacial score (nSPS) is 11.6. The minimum Gasteiger partial charge on any atom is -0.207 e. The molecule has 0 unspecified atom stereocenters. The quantitative estimate of drug-likeness (QED) is 0.911. The third-order valence-electron chi connectivity index (χ3n) is 2.84. The molecule has 2 aromatic carbocycles. The molecule has 1 N–H and O–H groups in total. The van der Waals surface area contributed by atoms with Crippen molar-refractivity contribution in [2.45, 2.75) is 18.4 Å². The lowest BCUT2D eigenvalue weighted by atomic mass is 10.2. The summed E-state index contributed by atoms with van der Waals surface area (Å²) in [5, 5.41) is 0. The largest absolute Gasteiger partial charge is 0.241 e. The molecule has 0 aliphatic rings. The van der Waals surface area contributed by atoms with E-state index >= 15 is 0 Å². The number of aryl methyl sites for hydroxylation is 1. The predicted octanol–water partition coefficient (Wildman–Crippen LogP) is 3.38. The molecule has 0 saturated carbocycles. The van der Waals surface area contributed by atoms with E-state index in [0.717, 1.165) is 16.1 Å². The van der Waals surface area contributed by atoms with Gasteiger partial charge < -0.3 is 0 Å². The van der Waals surface area contributed by atoms with Gasteiger partial charge in [0.25, 0.3) is 0 Å². The van der Waals surface area contributed by atoms with Gasteiger partial charge in [0.15, 0.2) is 0 Å². The smallest absolute Gasteiger partial charge is 0.207 e. The lowest BCUT2D eigenvalue weighted by molar-refractivity contribution is 0.579. The molecule has 3 nitrogen and oxygen atoms in total. The van der Waals surface area contributed by atoms with Crippen LogP contribution >= 0.6 is 15.9 Å². The SMILES string of the molecule is Cc1cc(F)ccc1S(=O)(=O)NCc1ccccc1Br. The molecule has 0 bridgehead atoms. The molecule has 0 spiro atoms. The number of hydrogen-bond acceptors (Lipinski definition) is 2. The molecule has 106 valence electrons. The van der Waals surface area contributed by atoms with Crippen molar-refractivity contribution >= 4 is 26.0 Å². The molecule has 20 heavy (non-hydrogen) atoms. The standard InChI is InChI=1S/C14H13BrFNO2S/c1-10-8-12(16)6-7-14(10)20(18,19)17-9-11-4-2-3-5-13(11)15/h2-8,17H,9H2,1H3. The number of nitrogens with one attached hydrogen (secondary N) is 1. The first-order valence-electron chi connectivity index (χ1n) is 5.89. The highest BCUT2D eigenvalue weighted by Gasteiger charge is 2.17. The van der Waals surface area contributed by atoms with Gasteiger partial charge in [-0.2, -0.15) is 0 Å². The number of hydrogen-bond donors (Lipinski definition) is 1. The molecule has 0 fully saturated rings. The van der Waals surface area contributed by atoms with Crippen molar-refractivity contribution in [1.82, 2.24) is 4.72 Å². The van der Waals surface area contributed by atoms with Crippen LogP contribution in [-0.2, 0) is 16.6 Å². The number of halogens is 2. The summed E-state index contributed by atoms with van der Waals surface area (Å²) < 4.78 is 40.8. The fourth-order valence-corrected chi connectivity index (χ4v) is 3.46. The minimum absolute atomic E-state index is 0.0888. The number of benzene rings is 2. The Hall–Kier alpha value is -1.24. The zero-order valence-electron chi connectivity index (χ0n) is 10.7. The van der Waals surface area contributed by atoms with Crippen LogP contribution in [0, 0.1) is 12.7 Å². The Balaban J connectivity index is 2.22. The van der Waals surface area contributed by atoms with Gasteiger partial charge in [0.1, 0.15) is 5.82 Å². The van der Waals surface area contributed by atoms with Crippen LogP contribution in [0.25, 0.3) is 0 Å². The van der Waals surface area contributed by atoms with E-state index in [-0.39, 0.29) is 11.4 Å². The lowest BCUT2D eigenvalue weighted by Crippen LogP contribution is -2.24. The zero-order chi connectivity index (χ0) is 14.8. The average Bonchev–Trinajstić information content (AvgIpc) is 2.37. The molecule has 0 aliphatic heterocycles. The summed E-state index contributed by atoms with van der Waals surface area (Å²) in [5.74, 6) is -0.452. The Morgan fingerprint density at radius 3 is 2.55 bits per heavy atom. The Kier molecular flexibility index (Phi) is 4.57. The monoisotopic (exact) mass is 357 g/mol. The van der Waals surface area contributed by atoms with Crippen LogP contribution in [0.3, 0.4) is 0 Å². The van der Waals surface area contributed by atoms with Crippen LogP contribution in [-0.4, -0.2) is 8.42 Å². The molecular formula is C14H13BrFNO2S. The van der Waals surface area contributed by atoms with Crippen molar-refractivity contribution in [3.8, 4) is 0 Å². The van der Waals surface area contributed by atoms with E-state index in [1.54, 1.807) is 6.92 Å². The van der Waals surface area contributed by atoms with Gasteiger partial charge in [-0.15, -0.1) is 0 Å². The summed E-state index contributed by atoms with van der Waals surface area (Å²) in [6.45, 7) is 1.73. The van der Waals surface area contributed by atoms with Crippen LogP contribution in [0.5, 0.6) is 0 Å². The second-order valence-electron chi connectivity index (χ2n) is 4.33. The first kappa shape index (κ1) is 15.2. The molecule has 2 rings (SSSR count). The molecule has 0 aromatic heterocycles. The maximum Gasteiger partial charge on any atom is 0.241 e. The van der Waals surface area contributed by atoms with Crippen molar-refractivity contribution in [1.29, 1.82) is 0 Å². The molecule has 0 heterocycles. The van der Waals surface area contributed by atoms with Crippen LogP contribution in [0.15, 0.2) is 51.8 Å². The highest BCUT2D eigenvalue weighted by atomic mass is 79.9. The minimum atomic E-state index is -3.66. The van der Waals surface area contributed by atoms with Crippen molar-refractivity contribution in [3.63, 3.8) is 0 Å². The highest BCUT2D eigenvalue weighted by Crippen LogP contribution is 2.19. The lowest BCUT2D eigenvalue weighted by Gasteiger charge is -2.10. The fourth-order valence-electron chi connectivity index (χ4n) is 1.81. The van der Waals surface area contributed by atoms with E-state index in [1.165, 1.54) is 12.1 Å². The van der Waals surface area contributed by atoms with Gasteiger partial charge in [-0.1, -0.05) is 34.1 Å². The Bertz CT molecular complexity index is 732. The summed E-state index contributed by atoms with van der Waals surface area (Å²) in [6, 6.07) is 11.0. The topological polar surface area (TPSA) is 46.2 Å². The van der Waals surface area contributed by atoms with Crippen LogP contribution < -0.4 is 4.72 Å². The molecule has 2 aromatic rings. The third kappa shape index (κ3) is 3.45. The van der Waals surface area contributed by atoms with Gasteiger partial charge in [-0.05, 0) is 42.3 Å². The van der Waals surface area contributed by atoms with E-state index < -0.39 is 15.8 Å². The fraction of sp³-hybridized carbons (Fsp3) is 0.143. The van der Waals surface area contributed by atoms with Crippen molar-refractivity contribution in [2.75, 3.05) is 0 Å². The molecule has 6 heteroatoms. The maximum absolute atomic E-state index is 13.0. The second-order valence-corrected chi connectivity index (χ2v) is 6.92. The molecular weight excluding hydrogens is 345 g/mol. The van der Waals surface area contributed by atoms with Crippen LogP contribution in [0.1, 0.15) is 11.1 Å². The Labute approximate surface area is 126 Å². The molecule has 0 radical (unpaired) electrons. The van der Waals surface area contributed by atoms with Gasteiger partial charge in [-0.25, -0.2) is 17.5 Å². The Morgan fingerprint density at radius 2 is 1.90 bits per heavy atom. The molecule has 0 saturated heterocycles. The first-order chi connectivity index (χ1) is 9.40. The van der Waals surface area contributed by atoms with E-state index in [1.807, 2.05) is 24.3 Å². The average molecular weight is 358 g/mol. The van der Waals surface area contributed by atoms with Crippen molar-refractivity contribution in [2.24, 2.45) is 0 Å². The summed E-state index contributed by atoms with van der Waals surface area (Å²) in [5.41, 5.74) is 1.21. The van der Waals surface area contributed by atoms with Gasteiger partial charge >= 0.3 is 0 Å². The predicted molar refractivity (Wildman–Crippen MR) is 79.3 cm³/mol. The van der Waals surface area contributed by atoms with Crippen molar-refractivity contribution in [3.05, 3.63) is 63.9 Å². The van der Waals surface area contributed by atoms with Crippen molar-refractivity contribution < 1.29 is 12.8 Å².